The van der Waals surface area contributed by atoms with Crippen LogP contribution in [-0.2, 0) is 33.2 Å². The molecule has 19 nitrogen and oxygen atoms in total. The lowest BCUT2D eigenvalue weighted by Gasteiger charge is -2.48. The molecule has 89 heavy (non-hydrogen) atoms. The highest BCUT2D eigenvalue weighted by Gasteiger charge is 2.53. The number of unbranched alkanes of at least 4 members (excludes halogenated alkanes) is 27. The maximum atomic E-state index is 13.3. The molecule has 0 radical (unpaired) electrons. The van der Waals surface area contributed by atoms with Crippen LogP contribution in [0.3, 0.4) is 0 Å². The first-order valence-corrected chi connectivity index (χ1v) is 35.0. The van der Waals surface area contributed by atoms with E-state index in [-0.39, 0.29) is 18.9 Å². The quantitative estimate of drug-likeness (QED) is 0.0199. The minimum atomic E-state index is -1.97. The van der Waals surface area contributed by atoms with Crippen LogP contribution >= 0.6 is 0 Å². The van der Waals surface area contributed by atoms with Gasteiger partial charge in [-0.15, -0.1) is 0 Å². The van der Waals surface area contributed by atoms with E-state index in [0.29, 0.717) is 12.8 Å². The van der Waals surface area contributed by atoms with E-state index in [1.165, 1.54) is 128 Å². The van der Waals surface area contributed by atoms with E-state index in [1.807, 2.05) is 0 Å². The SMILES string of the molecule is CC/C=C\C/C=C\C/C=C\C/C=C\C/C=C\CCCCCCCCCCCCCCCCCCCCCCCCCC(=O)NC(COC1OC(CO)C(OC2OC(CO)C(OC3OC(CO)C(O)C(O)C3O)C(O)C2O)C(O)C1O)C(O)CCCCCCC. The molecule has 17 atom stereocenters. The smallest absolute Gasteiger partial charge is 0.220 e. The number of allylic oxidation sites excluding steroid dienone is 10. The van der Waals surface area contributed by atoms with Gasteiger partial charge in [0.15, 0.2) is 18.9 Å². The number of hydrogen-bond acceptors (Lipinski definition) is 18. The minimum absolute atomic E-state index is 0.248. The summed E-state index contributed by atoms with van der Waals surface area (Å²) in [7, 11) is 0. The highest BCUT2D eigenvalue weighted by atomic mass is 16.8. The molecular weight excluding hydrogens is 1140 g/mol. The topological polar surface area (TPSA) is 307 Å². The average Bonchev–Trinajstić information content (AvgIpc) is 2.72. The van der Waals surface area contributed by atoms with E-state index in [2.05, 4.69) is 79.9 Å². The number of aliphatic hydroxyl groups excluding tert-OH is 11. The molecule has 19 heteroatoms. The zero-order valence-electron chi connectivity index (χ0n) is 54.6. The lowest BCUT2D eigenvalue weighted by Crippen LogP contribution is -2.66. The minimum Gasteiger partial charge on any atom is -0.394 e. The van der Waals surface area contributed by atoms with Gasteiger partial charge < -0.3 is 89.9 Å². The molecule has 3 aliphatic heterocycles. The van der Waals surface area contributed by atoms with E-state index in [1.54, 1.807) is 0 Å². The second-order valence-corrected chi connectivity index (χ2v) is 25.0. The molecule has 0 spiro atoms. The Kier molecular flexibility index (Phi) is 47.0. The maximum absolute atomic E-state index is 13.3. The van der Waals surface area contributed by atoms with Crippen molar-refractivity contribution in [1.29, 1.82) is 0 Å². The van der Waals surface area contributed by atoms with Gasteiger partial charge in [-0.2, -0.15) is 0 Å². The Morgan fingerprint density at radius 3 is 1.21 bits per heavy atom. The van der Waals surface area contributed by atoms with Crippen molar-refractivity contribution in [2.75, 3.05) is 26.4 Å². The molecule has 3 heterocycles. The van der Waals surface area contributed by atoms with Crippen LogP contribution in [0.4, 0.5) is 0 Å². The summed E-state index contributed by atoms with van der Waals surface area (Å²) in [5.41, 5.74) is 0. The first-order chi connectivity index (χ1) is 43.3. The molecule has 3 aliphatic rings. The molecule has 0 aromatic rings. The largest absolute Gasteiger partial charge is 0.394 e. The molecule has 0 bridgehead atoms. The number of hydrogen-bond donors (Lipinski definition) is 12. The fourth-order valence-electron chi connectivity index (χ4n) is 11.7. The number of carbonyl (C=O) groups excluding carboxylic acids is 1. The summed E-state index contributed by atoms with van der Waals surface area (Å²) in [4.78, 5) is 13.3. The van der Waals surface area contributed by atoms with Crippen molar-refractivity contribution in [3.63, 3.8) is 0 Å². The van der Waals surface area contributed by atoms with Gasteiger partial charge in [-0.1, -0.05) is 242 Å². The number of amides is 1. The Morgan fingerprint density at radius 2 is 0.775 bits per heavy atom. The molecule has 3 saturated heterocycles. The van der Waals surface area contributed by atoms with Gasteiger partial charge in [-0.3, -0.25) is 4.79 Å². The summed E-state index contributed by atoms with van der Waals surface area (Å²) in [6, 6.07) is -0.882. The maximum Gasteiger partial charge on any atom is 0.220 e. The standard InChI is InChI=1S/C70H125NO18/c1-3-5-7-9-10-11-12-13-14-15-16-17-18-19-20-21-22-23-24-25-26-27-28-29-30-31-32-33-34-35-36-37-38-39-40-41-42-44-46-48-58(76)71-53(54(75)47-45-43-8-6-4-2)52-84-68-64(82)61(79)66(56(50-73)86-68)89-70-65(83)62(80)67(57(51-74)87-70)88-69-63(81)60(78)59(77)55(49-72)85-69/h5,7,10-11,13-14,16-17,19-20,53-57,59-70,72-75,77-83H,3-4,6,8-9,12,15,18,21-52H2,1-2H3,(H,71,76)/b7-5-,11-10-,14-13-,17-16-,20-19-. The van der Waals surface area contributed by atoms with Crippen molar-refractivity contribution >= 4 is 5.91 Å². The van der Waals surface area contributed by atoms with Crippen molar-refractivity contribution in [3.05, 3.63) is 60.8 Å². The third-order valence-electron chi connectivity index (χ3n) is 17.4. The second-order valence-electron chi connectivity index (χ2n) is 25.0. The van der Waals surface area contributed by atoms with Gasteiger partial charge in [0.1, 0.15) is 73.2 Å². The molecule has 518 valence electrons. The van der Waals surface area contributed by atoms with Gasteiger partial charge in [0.2, 0.25) is 5.91 Å². The predicted octanol–water partition coefficient (Wildman–Crippen LogP) is 9.16. The first kappa shape index (κ1) is 80.7. The molecule has 12 N–H and O–H groups in total. The summed E-state index contributed by atoms with van der Waals surface area (Å²) in [5.74, 6) is -0.248. The number of aliphatic hydroxyl groups is 11. The van der Waals surface area contributed by atoms with Crippen LogP contribution in [0.5, 0.6) is 0 Å². The first-order valence-electron chi connectivity index (χ1n) is 35.0. The van der Waals surface area contributed by atoms with Crippen molar-refractivity contribution in [3.8, 4) is 0 Å². The summed E-state index contributed by atoms with van der Waals surface area (Å²) < 4.78 is 34.2. The zero-order chi connectivity index (χ0) is 64.7. The second kappa shape index (κ2) is 51.8. The summed E-state index contributed by atoms with van der Waals surface area (Å²) >= 11 is 0. The Morgan fingerprint density at radius 1 is 0.416 bits per heavy atom. The van der Waals surface area contributed by atoms with E-state index in [0.717, 1.165) is 83.5 Å². The summed E-state index contributed by atoms with van der Waals surface area (Å²) in [5, 5.41) is 120. The molecular formula is C70H125NO18. The van der Waals surface area contributed by atoms with Crippen LogP contribution in [0, 0.1) is 0 Å². The zero-order valence-corrected chi connectivity index (χ0v) is 54.6. The number of nitrogens with one attached hydrogen (secondary N) is 1. The number of ether oxygens (including phenoxy) is 6. The Bertz CT molecular complexity index is 1850. The van der Waals surface area contributed by atoms with Gasteiger partial charge in [-0.05, 0) is 57.8 Å². The summed E-state index contributed by atoms with van der Waals surface area (Å²) in [6.45, 7) is 1.57. The number of carbonyl (C=O) groups is 1. The van der Waals surface area contributed by atoms with Crippen molar-refractivity contribution < 1.29 is 89.4 Å². The Labute approximate surface area is 535 Å². The fourth-order valence-corrected chi connectivity index (χ4v) is 11.7. The summed E-state index contributed by atoms with van der Waals surface area (Å²) in [6.07, 6.45) is 37.1. The third-order valence-corrected chi connectivity index (χ3v) is 17.4. The fraction of sp³-hybridized carbons (Fsp3) is 0.843. The van der Waals surface area contributed by atoms with Crippen LogP contribution in [0.1, 0.15) is 245 Å². The van der Waals surface area contributed by atoms with Crippen molar-refractivity contribution in [2.45, 2.75) is 349 Å². The van der Waals surface area contributed by atoms with Crippen LogP contribution in [0.25, 0.3) is 0 Å². The van der Waals surface area contributed by atoms with Crippen LogP contribution in [-0.4, -0.2) is 193 Å². The van der Waals surface area contributed by atoms with E-state index >= 15 is 0 Å². The monoisotopic (exact) mass is 1270 g/mol. The molecule has 0 aromatic heterocycles. The average molecular weight is 1270 g/mol. The molecule has 3 fully saturated rings. The van der Waals surface area contributed by atoms with Gasteiger partial charge in [0.25, 0.3) is 0 Å². The van der Waals surface area contributed by atoms with Gasteiger partial charge in [0, 0.05) is 6.42 Å². The molecule has 1 amide bonds. The van der Waals surface area contributed by atoms with E-state index in [4.69, 9.17) is 28.4 Å². The lowest BCUT2D eigenvalue weighted by atomic mass is 9.96. The van der Waals surface area contributed by atoms with Gasteiger partial charge >= 0.3 is 0 Å². The lowest BCUT2D eigenvalue weighted by molar-refractivity contribution is -0.379. The Hall–Kier alpha value is -2.51. The van der Waals surface area contributed by atoms with Gasteiger partial charge in [0.05, 0.1) is 38.6 Å². The number of rotatable bonds is 53. The molecule has 0 aromatic carbocycles. The van der Waals surface area contributed by atoms with Crippen LogP contribution in [0.2, 0.25) is 0 Å². The van der Waals surface area contributed by atoms with Gasteiger partial charge in [-0.25, -0.2) is 0 Å². The Balaban J connectivity index is 1.22. The molecule has 17 unspecified atom stereocenters. The molecule has 0 saturated carbocycles. The van der Waals surface area contributed by atoms with E-state index in [9.17, 15) is 61.0 Å². The highest BCUT2D eigenvalue weighted by Crippen LogP contribution is 2.33. The van der Waals surface area contributed by atoms with Crippen LogP contribution in [0.15, 0.2) is 60.8 Å². The normalized spacial score (nSPS) is 28.6. The molecule has 3 rings (SSSR count). The van der Waals surface area contributed by atoms with Crippen molar-refractivity contribution in [2.24, 2.45) is 0 Å². The van der Waals surface area contributed by atoms with E-state index < -0.39 is 124 Å². The highest BCUT2D eigenvalue weighted by molar-refractivity contribution is 5.76. The van der Waals surface area contributed by atoms with Crippen molar-refractivity contribution in [1.82, 2.24) is 5.32 Å². The molecule has 0 aliphatic carbocycles. The third kappa shape index (κ3) is 33.9. The predicted molar refractivity (Wildman–Crippen MR) is 346 cm³/mol. The van der Waals surface area contributed by atoms with Crippen LogP contribution < -0.4 is 5.32 Å².